The summed E-state index contributed by atoms with van der Waals surface area (Å²) in [4.78, 5) is 12.4. The van der Waals surface area contributed by atoms with Crippen molar-refractivity contribution >= 4 is 17.5 Å². The Morgan fingerprint density at radius 2 is 1.95 bits per heavy atom. The molecule has 0 aliphatic carbocycles. The van der Waals surface area contributed by atoms with Gasteiger partial charge in [-0.2, -0.15) is 5.10 Å². The van der Waals surface area contributed by atoms with Gasteiger partial charge >= 0.3 is 0 Å². The molecule has 0 bridgehead atoms. The van der Waals surface area contributed by atoms with Crippen molar-refractivity contribution in [1.29, 1.82) is 0 Å². The number of carbonyl (C=O) groups excluding carboxylic acids is 1. The lowest BCUT2D eigenvalue weighted by molar-refractivity contribution is 0.0944. The Labute approximate surface area is 134 Å². The molecule has 1 heterocycles. The van der Waals surface area contributed by atoms with Crippen LogP contribution in [0, 0.1) is 0 Å². The van der Waals surface area contributed by atoms with E-state index in [2.05, 4.69) is 10.4 Å². The Bertz CT molecular complexity index is 648. The minimum Gasteiger partial charge on any atom is -0.496 e. The number of rotatable bonds is 6. The molecule has 6 nitrogen and oxygen atoms in total. The molecule has 0 radical (unpaired) electrons. The number of hydrogen-bond donors (Lipinski definition) is 1. The molecule has 1 aromatic heterocycles. The predicted octanol–water partition coefficient (Wildman–Crippen LogP) is 2.50. The molecule has 22 heavy (non-hydrogen) atoms. The van der Waals surface area contributed by atoms with Gasteiger partial charge in [0.1, 0.15) is 22.8 Å². The first kappa shape index (κ1) is 16.2. The Hall–Kier alpha value is -2.21. The van der Waals surface area contributed by atoms with Crippen LogP contribution < -0.4 is 14.8 Å². The number of hydrogen-bond acceptors (Lipinski definition) is 4. The fraction of sp³-hybridized carbons (Fsp3) is 0.333. The zero-order chi connectivity index (χ0) is 16.1. The largest absolute Gasteiger partial charge is 0.496 e. The maximum atomic E-state index is 12.4. The highest BCUT2D eigenvalue weighted by molar-refractivity contribution is 6.31. The second kappa shape index (κ2) is 7.17. The van der Waals surface area contributed by atoms with Crippen LogP contribution in [0.3, 0.4) is 0 Å². The lowest BCUT2D eigenvalue weighted by atomic mass is 10.1. The summed E-state index contributed by atoms with van der Waals surface area (Å²) < 4.78 is 12.2. The minimum atomic E-state index is -0.309. The lowest BCUT2D eigenvalue weighted by Crippen LogP contribution is -2.24. The third-order valence-electron chi connectivity index (χ3n) is 3.18. The van der Waals surface area contributed by atoms with Gasteiger partial charge in [-0.15, -0.1) is 0 Å². The SMILES string of the molecule is CCn1cc(Cl)c(CNC(=O)c2c(OC)cccc2OC)n1. The fourth-order valence-corrected chi connectivity index (χ4v) is 2.26. The molecule has 0 saturated heterocycles. The third kappa shape index (κ3) is 3.33. The molecule has 1 amide bonds. The van der Waals surface area contributed by atoms with Gasteiger partial charge in [-0.1, -0.05) is 17.7 Å². The van der Waals surface area contributed by atoms with E-state index >= 15 is 0 Å². The zero-order valence-corrected chi connectivity index (χ0v) is 13.5. The zero-order valence-electron chi connectivity index (χ0n) is 12.7. The molecule has 1 aromatic carbocycles. The summed E-state index contributed by atoms with van der Waals surface area (Å²) in [6, 6.07) is 5.17. The molecule has 0 saturated carbocycles. The molecule has 0 spiro atoms. The summed E-state index contributed by atoms with van der Waals surface area (Å²) in [7, 11) is 3.01. The number of ether oxygens (including phenoxy) is 2. The molecule has 7 heteroatoms. The van der Waals surface area contributed by atoms with Crippen LogP contribution in [0.5, 0.6) is 11.5 Å². The van der Waals surface area contributed by atoms with Gasteiger partial charge in [0.25, 0.3) is 5.91 Å². The van der Waals surface area contributed by atoms with Crippen molar-refractivity contribution in [3.05, 3.63) is 40.7 Å². The first-order chi connectivity index (χ1) is 10.6. The molecule has 118 valence electrons. The average Bonchev–Trinajstić information content (AvgIpc) is 2.91. The lowest BCUT2D eigenvalue weighted by Gasteiger charge is -2.12. The first-order valence-electron chi connectivity index (χ1n) is 6.81. The monoisotopic (exact) mass is 323 g/mol. The van der Waals surface area contributed by atoms with Crippen LogP contribution in [0.4, 0.5) is 0 Å². The Morgan fingerprint density at radius 3 is 2.45 bits per heavy atom. The van der Waals surface area contributed by atoms with Crippen molar-refractivity contribution in [3.8, 4) is 11.5 Å². The Balaban J connectivity index is 2.17. The summed E-state index contributed by atoms with van der Waals surface area (Å²) >= 11 is 6.09. The minimum absolute atomic E-state index is 0.228. The topological polar surface area (TPSA) is 65.4 Å². The van der Waals surface area contributed by atoms with E-state index in [1.807, 2.05) is 6.92 Å². The second-order valence-electron chi connectivity index (χ2n) is 4.50. The van der Waals surface area contributed by atoms with Gasteiger partial charge in [-0.3, -0.25) is 9.48 Å². The summed E-state index contributed by atoms with van der Waals surface area (Å²) in [5.74, 6) is 0.584. The van der Waals surface area contributed by atoms with Crippen LogP contribution in [-0.4, -0.2) is 29.9 Å². The molecular weight excluding hydrogens is 306 g/mol. The number of nitrogens with zero attached hydrogens (tertiary/aromatic N) is 2. The standard InChI is InChI=1S/C15H18ClN3O3/c1-4-19-9-10(16)11(18-19)8-17-15(20)14-12(21-2)6-5-7-13(14)22-3/h5-7,9H,4,8H2,1-3H3,(H,17,20). The first-order valence-corrected chi connectivity index (χ1v) is 7.19. The van der Waals surface area contributed by atoms with Gasteiger partial charge in [-0.05, 0) is 19.1 Å². The highest BCUT2D eigenvalue weighted by Crippen LogP contribution is 2.28. The Morgan fingerprint density at radius 1 is 1.32 bits per heavy atom. The predicted molar refractivity (Wildman–Crippen MR) is 83.6 cm³/mol. The fourth-order valence-electron chi connectivity index (χ4n) is 2.05. The van der Waals surface area contributed by atoms with E-state index in [1.165, 1.54) is 14.2 Å². The van der Waals surface area contributed by atoms with Gasteiger partial charge in [-0.25, -0.2) is 0 Å². The summed E-state index contributed by atoms with van der Waals surface area (Å²) in [5, 5.41) is 7.59. The molecule has 0 atom stereocenters. The van der Waals surface area contributed by atoms with Crippen molar-refractivity contribution in [3.63, 3.8) is 0 Å². The van der Waals surface area contributed by atoms with E-state index in [0.717, 1.165) is 0 Å². The highest BCUT2D eigenvalue weighted by Gasteiger charge is 2.18. The average molecular weight is 324 g/mol. The smallest absolute Gasteiger partial charge is 0.259 e. The van der Waals surface area contributed by atoms with E-state index < -0.39 is 0 Å². The van der Waals surface area contributed by atoms with Crippen molar-refractivity contribution in [1.82, 2.24) is 15.1 Å². The molecule has 1 N–H and O–H groups in total. The van der Waals surface area contributed by atoms with E-state index in [0.29, 0.717) is 34.3 Å². The normalized spacial score (nSPS) is 10.4. The number of carbonyl (C=O) groups is 1. The molecule has 0 fully saturated rings. The maximum Gasteiger partial charge on any atom is 0.259 e. The number of methoxy groups -OCH3 is 2. The van der Waals surface area contributed by atoms with Gasteiger partial charge in [0.15, 0.2) is 0 Å². The summed E-state index contributed by atoms with van der Waals surface area (Å²) in [5.41, 5.74) is 0.962. The maximum absolute atomic E-state index is 12.4. The number of halogens is 1. The number of nitrogens with one attached hydrogen (secondary N) is 1. The van der Waals surface area contributed by atoms with Crippen molar-refractivity contribution in [2.45, 2.75) is 20.0 Å². The van der Waals surface area contributed by atoms with Crippen molar-refractivity contribution < 1.29 is 14.3 Å². The van der Waals surface area contributed by atoms with Crippen LogP contribution >= 0.6 is 11.6 Å². The van der Waals surface area contributed by atoms with Crippen molar-refractivity contribution in [2.24, 2.45) is 0 Å². The quantitative estimate of drug-likeness (QED) is 0.887. The van der Waals surface area contributed by atoms with Crippen LogP contribution in [0.1, 0.15) is 23.0 Å². The van der Waals surface area contributed by atoms with E-state index in [1.54, 1.807) is 29.1 Å². The molecule has 0 unspecified atom stereocenters. The summed E-state index contributed by atoms with van der Waals surface area (Å²) in [6.07, 6.45) is 1.73. The van der Waals surface area contributed by atoms with Crippen LogP contribution in [-0.2, 0) is 13.1 Å². The van der Waals surface area contributed by atoms with Gasteiger partial charge in [0.2, 0.25) is 0 Å². The number of aromatic nitrogens is 2. The molecule has 2 aromatic rings. The molecular formula is C15H18ClN3O3. The summed E-state index contributed by atoms with van der Waals surface area (Å²) in [6.45, 7) is 2.91. The van der Waals surface area contributed by atoms with Crippen LogP contribution in [0.15, 0.2) is 24.4 Å². The van der Waals surface area contributed by atoms with Crippen molar-refractivity contribution in [2.75, 3.05) is 14.2 Å². The second-order valence-corrected chi connectivity index (χ2v) is 4.91. The Kier molecular flexibility index (Phi) is 5.27. The number of aryl methyl sites for hydroxylation is 1. The van der Waals surface area contributed by atoms with Crippen LogP contribution in [0.2, 0.25) is 5.02 Å². The number of benzene rings is 1. The number of amides is 1. The molecule has 2 rings (SSSR count). The van der Waals surface area contributed by atoms with E-state index in [9.17, 15) is 4.79 Å². The molecule has 0 aliphatic heterocycles. The highest BCUT2D eigenvalue weighted by atomic mass is 35.5. The van der Waals surface area contributed by atoms with Gasteiger partial charge in [0.05, 0.1) is 25.8 Å². The van der Waals surface area contributed by atoms with E-state index in [4.69, 9.17) is 21.1 Å². The van der Waals surface area contributed by atoms with E-state index in [-0.39, 0.29) is 12.5 Å². The van der Waals surface area contributed by atoms with Gasteiger partial charge < -0.3 is 14.8 Å². The van der Waals surface area contributed by atoms with Crippen LogP contribution in [0.25, 0.3) is 0 Å². The van der Waals surface area contributed by atoms with Gasteiger partial charge in [0, 0.05) is 12.7 Å². The molecule has 0 aliphatic rings. The third-order valence-corrected chi connectivity index (χ3v) is 3.50.